The fraction of sp³-hybridized carbons (Fsp3) is 0.417. The molecule has 1 fully saturated rings. The number of imidazole rings is 1. The molecule has 96 valence electrons. The Bertz CT molecular complexity index is 615. The molecule has 1 aromatic carbocycles. The second kappa shape index (κ2) is 5.01. The van der Waals surface area contributed by atoms with Gasteiger partial charge in [-0.05, 0) is 52.4 Å². The maximum Gasteiger partial charge on any atom is 0.323 e. The van der Waals surface area contributed by atoms with Gasteiger partial charge in [0.25, 0.3) is 0 Å². The molecule has 1 aromatic heterocycles. The lowest BCUT2D eigenvalue weighted by atomic mass is 10.1. The van der Waals surface area contributed by atoms with Crippen LogP contribution in [0.3, 0.4) is 0 Å². The number of rotatable bonds is 2. The highest BCUT2D eigenvalue weighted by molar-refractivity contribution is 9.10. The van der Waals surface area contributed by atoms with E-state index in [1.165, 1.54) is 24.3 Å². The van der Waals surface area contributed by atoms with Gasteiger partial charge in [0.1, 0.15) is 0 Å². The third-order valence-electron chi connectivity index (χ3n) is 3.18. The van der Waals surface area contributed by atoms with Crippen molar-refractivity contribution in [2.75, 3.05) is 16.8 Å². The molecule has 0 saturated carbocycles. The molecular weight excluding hydrogens is 314 g/mol. The third kappa shape index (κ3) is 2.44. The van der Waals surface area contributed by atoms with Crippen LogP contribution < -0.4 is 11.0 Å². The van der Waals surface area contributed by atoms with Crippen molar-refractivity contribution in [3.63, 3.8) is 0 Å². The molecule has 3 rings (SSSR count). The van der Waals surface area contributed by atoms with Crippen molar-refractivity contribution < 1.29 is 0 Å². The van der Waals surface area contributed by atoms with Crippen LogP contribution in [0.5, 0.6) is 0 Å². The van der Waals surface area contributed by atoms with Crippen molar-refractivity contribution in [2.24, 2.45) is 0 Å². The first-order chi connectivity index (χ1) is 8.72. The van der Waals surface area contributed by atoms with Crippen LogP contribution in [0, 0.1) is 0 Å². The summed E-state index contributed by atoms with van der Waals surface area (Å²) in [6.45, 7) is 0. The lowest BCUT2D eigenvalue weighted by Gasteiger charge is -2.24. The highest BCUT2D eigenvalue weighted by Gasteiger charge is 2.15. The molecule has 4 nitrogen and oxygen atoms in total. The number of aromatic amines is 2. The lowest BCUT2D eigenvalue weighted by Crippen LogP contribution is -2.24. The van der Waals surface area contributed by atoms with Crippen LogP contribution in [0.15, 0.2) is 21.4 Å². The first kappa shape index (κ1) is 12.2. The van der Waals surface area contributed by atoms with Gasteiger partial charge in [-0.1, -0.05) is 0 Å². The van der Waals surface area contributed by atoms with Crippen LogP contribution in [0.4, 0.5) is 5.69 Å². The maximum atomic E-state index is 11.3. The van der Waals surface area contributed by atoms with Crippen LogP contribution in [-0.4, -0.2) is 27.5 Å². The van der Waals surface area contributed by atoms with Crippen molar-refractivity contribution in [1.82, 2.24) is 9.97 Å². The van der Waals surface area contributed by atoms with Gasteiger partial charge in [-0.25, -0.2) is 4.79 Å². The molecule has 18 heavy (non-hydrogen) atoms. The summed E-state index contributed by atoms with van der Waals surface area (Å²) < 4.78 is 0.989. The van der Waals surface area contributed by atoms with Crippen molar-refractivity contribution in [3.8, 4) is 0 Å². The van der Waals surface area contributed by atoms with Crippen LogP contribution >= 0.6 is 27.7 Å². The zero-order valence-electron chi connectivity index (χ0n) is 9.75. The molecule has 0 amide bonds. The molecule has 6 heteroatoms. The Kier molecular flexibility index (Phi) is 3.39. The average molecular weight is 328 g/mol. The Hall–Kier alpha value is -0.880. The largest absolute Gasteiger partial charge is 0.381 e. The smallest absolute Gasteiger partial charge is 0.323 e. The van der Waals surface area contributed by atoms with E-state index in [2.05, 4.69) is 31.2 Å². The van der Waals surface area contributed by atoms with E-state index < -0.39 is 0 Å². The Labute approximate surface area is 117 Å². The fourth-order valence-corrected chi connectivity index (χ4v) is 3.79. The zero-order chi connectivity index (χ0) is 12.5. The van der Waals surface area contributed by atoms with Gasteiger partial charge in [0.05, 0.1) is 16.7 Å². The summed E-state index contributed by atoms with van der Waals surface area (Å²) in [5.41, 5.74) is 2.56. The second-order valence-electron chi connectivity index (χ2n) is 4.49. The average Bonchev–Trinajstić information content (AvgIpc) is 2.70. The van der Waals surface area contributed by atoms with Gasteiger partial charge < -0.3 is 15.3 Å². The van der Waals surface area contributed by atoms with E-state index in [9.17, 15) is 4.79 Å². The summed E-state index contributed by atoms with van der Waals surface area (Å²) in [5, 5.41) is 3.55. The molecule has 2 aromatic rings. The van der Waals surface area contributed by atoms with Crippen molar-refractivity contribution >= 4 is 44.4 Å². The molecule has 1 aliphatic rings. The number of hydrogen-bond donors (Lipinski definition) is 3. The molecule has 0 atom stereocenters. The van der Waals surface area contributed by atoms with Gasteiger partial charge in [-0.15, -0.1) is 0 Å². The van der Waals surface area contributed by atoms with Crippen LogP contribution in [0.25, 0.3) is 11.0 Å². The SMILES string of the molecule is O=c1[nH]c2cc(Br)c(NC3CCSCC3)cc2[nH]1. The van der Waals surface area contributed by atoms with E-state index in [1.807, 2.05) is 23.9 Å². The molecule has 1 aliphatic heterocycles. The number of thioether (sulfide) groups is 1. The number of aromatic nitrogens is 2. The minimum atomic E-state index is -0.164. The van der Waals surface area contributed by atoms with Crippen molar-refractivity contribution in [2.45, 2.75) is 18.9 Å². The van der Waals surface area contributed by atoms with E-state index in [0.717, 1.165) is 21.2 Å². The van der Waals surface area contributed by atoms with Gasteiger partial charge in [-0.2, -0.15) is 11.8 Å². The number of H-pyrrole nitrogens is 2. The number of halogens is 1. The Morgan fingerprint density at radius 3 is 2.61 bits per heavy atom. The molecule has 0 spiro atoms. The summed E-state index contributed by atoms with van der Waals surface area (Å²) in [4.78, 5) is 16.8. The van der Waals surface area contributed by atoms with Gasteiger partial charge in [0, 0.05) is 10.5 Å². The van der Waals surface area contributed by atoms with E-state index in [-0.39, 0.29) is 5.69 Å². The summed E-state index contributed by atoms with van der Waals surface area (Å²) in [5.74, 6) is 2.44. The van der Waals surface area contributed by atoms with Crippen LogP contribution in [0.2, 0.25) is 0 Å². The molecule has 2 heterocycles. The summed E-state index contributed by atoms with van der Waals surface area (Å²) >= 11 is 5.56. The minimum Gasteiger partial charge on any atom is -0.381 e. The number of fused-ring (bicyclic) bond motifs is 1. The van der Waals surface area contributed by atoms with E-state index in [1.54, 1.807) is 0 Å². The molecule has 0 radical (unpaired) electrons. The number of nitrogens with one attached hydrogen (secondary N) is 3. The summed E-state index contributed by atoms with van der Waals surface area (Å²) in [6.07, 6.45) is 2.39. The minimum absolute atomic E-state index is 0.164. The molecule has 1 saturated heterocycles. The molecular formula is C12H14BrN3OS. The monoisotopic (exact) mass is 327 g/mol. The Morgan fingerprint density at radius 2 is 1.89 bits per heavy atom. The Morgan fingerprint density at radius 1 is 1.22 bits per heavy atom. The third-order valence-corrected chi connectivity index (χ3v) is 4.89. The van der Waals surface area contributed by atoms with Crippen LogP contribution in [0.1, 0.15) is 12.8 Å². The fourth-order valence-electron chi connectivity index (χ4n) is 2.23. The highest BCUT2D eigenvalue weighted by atomic mass is 79.9. The molecule has 0 aliphatic carbocycles. The first-order valence-corrected chi connectivity index (χ1v) is 7.93. The van der Waals surface area contributed by atoms with Crippen molar-refractivity contribution in [3.05, 3.63) is 27.1 Å². The highest BCUT2D eigenvalue weighted by Crippen LogP contribution is 2.29. The number of anilines is 1. The maximum absolute atomic E-state index is 11.3. The second-order valence-corrected chi connectivity index (χ2v) is 6.57. The van der Waals surface area contributed by atoms with E-state index in [0.29, 0.717) is 6.04 Å². The topological polar surface area (TPSA) is 60.7 Å². The lowest BCUT2D eigenvalue weighted by molar-refractivity contribution is 0.666. The molecule has 0 unspecified atom stereocenters. The first-order valence-electron chi connectivity index (χ1n) is 5.98. The Balaban J connectivity index is 1.90. The van der Waals surface area contributed by atoms with Gasteiger partial charge in [-0.3, -0.25) is 0 Å². The predicted molar refractivity (Wildman–Crippen MR) is 80.6 cm³/mol. The summed E-state index contributed by atoms with van der Waals surface area (Å²) in [7, 11) is 0. The summed E-state index contributed by atoms with van der Waals surface area (Å²) in [6, 6.07) is 4.46. The normalized spacial score (nSPS) is 17.2. The van der Waals surface area contributed by atoms with E-state index in [4.69, 9.17) is 0 Å². The molecule has 0 bridgehead atoms. The quantitative estimate of drug-likeness (QED) is 0.794. The van der Waals surface area contributed by atoms with Crippen LogP contribution in [-0.2, 0) is 0 Å². The van der Waals surface area contributed by atoms with Gasteiger partial charge in [0.2, 0.25) is 0 Å². The number of hydrogen-bond acceptors (Lipinski definition) is 3. The predicted octanol–water partition coefficient (Wildman–Crippen LogP) is 2.93. The zero-order valence-corrected chi connectivity index (χ0v) is 12.2. The molecule has 3 N–H and O–H groups in total. The van der Waals surface area contributed by atoms with Crippen molar-refractivity contribution in [1.29, 1.82) is 0 Å². The van der Waals surface area contributed by atoms with Gasteiger partial charge >= 0.3 is 5.69 Å². The number of benzene rings is 1. The van der Waals surface area contributed by atoms with Gasteiger partial charge in [0.15, 0.2) is 0 Å². The van der Waals surface area contributed by atoms with E-state index >= 15 is 0 Å². The standard InChI is InChI=1S/C12H14BrN3OS/c13-8-5-10-11(16-12(17)15-10)6-9(8)14-7-1-3-18-4-2-7/h5-7,14H,1-4H2,(H2,15,16,17).